The molecule has 0 spiro atoms. The van der Waals surface area contributed by atoms with E-state index in [9.17, 15) is 4.79 Å². The topological polar surface area (TPSA) is 45.8 Å². The van der Waals surface area contributed by atoms with Crippen molar-refractivity contribution >= 4 is 10.9 Å². The first-order valence-electron chi connectivity index (χ1n) is 5.42. The Morgan fingerprint density at radius 3 is 2.75 bits per heavy atom. The van der Waals surface area contributed by atoms with E-state index in [1.165, 1.54) is 6.07 Å². The standard InChI is InChI=1S/C13H16N2O/c1-13(2,3)7-10-6-11-9(8-14-10)4-5-12(16)15-11/h4-6,8H,7H2,1-3H3,(H,15,16). The molecule has 0 radical (unpaired) electrons. The number of pyridine rings is 2. The molecule has 0 aromatic carbocycles. The molecule has 2 aromatic rings. The molecule has 84 valence electrons. The minimum Gasteiger partial charge on any atom is -0.322 e. The van der Waals surface area contributed by atoms with Gasteiger partial charge in [-0.15, -0.1) is 0 Å². The zero-order chi connectivity index (χ0) is 11.8. The normalized spacial score (nSPS) is 11.9. The zero-order valence-corrected chi connectivity index (χ0v) is 9.87. The number of hydrogen-bond donors (Lipinski definition) is 1. The van der Waals surface area contributed by atoms with Gasteiger partial charge in [0.1, 0.15) is 0 Å². The molecule has 0 aliphatic rings. The molecule has 0 saturated heterocycles. The number of fused-ring (bicyclic) bond motifs is 1. The van der Waals surface area contributed by atoms with Crippen LogP contribution in [-0.4, -0.2) is 9.97 Å². The van der Waals surface area contributed by atoms with Crippen molar-refractivity contribution in [1.29, 1.82) is 0 Å². The van der Waals surface area contributed by atoms with E-state index in [-0.39, 0.29) is 11.0 Å². The Morgan fingerprint density at radius 1 is 1.31 bits per heavy atom. The lowest BCUT2D eigenvalue weighted by atomic mass is 9.90. The summed E-state index contributed by atoms with van der Waals surface area (Å²) in [5, 5.41) is 0.970. The number of aromatic amines is 1. The van der Waals surface area contributed by atoms with Gasteiger partial charge in [0.05, 0.1) is 5.52 Å². The highest BCUT2D eigenvalue weighted by molar-refractivity contribution is 5.77. The van der Waals surface area contributed by atoms with Crippen molar-refractivity contribution in [2.75, 3.05) is 0 Å². The average molecular weight is 216 g/mol. The zero-order valence-electron chi connectivity index (χ0n) is 9.87. The summed E-state index contributed by atoms with van der Waals surface area (Å²) in [5.41, 5.74) is 2.01. The van der Waals surface area contributed by atoms with Crippen molar-refractivity contribution in [3.05, 3.63) is 40.4 Å². The first kappa shape index (κ1) is 10.9. The molecule has 0 amide bonds. The maximum absolute atomic E-state index is 11.2. The number of hydrogen-bond acceptors (Lipinski definition) is 2. The number of nitrogens with one attached hydrogen (secondary N) is 1. The van der Waals surface area contributed by atoms with Crippen LogP contribution in [0.15, 0.2) is 29.2 Å². The molecule has 3 nitrogen and oxygen atoms in total. The van der Waals surface area contributed by atoms with Gasteiger partial charge in [0.15, 0.2) is 0 Å². The van der Waals surface area contributed by atoms with Crippen LogP contribution in [0.1, 0.15) is 26.5 Å². The second kappa shape index (κ2) is 3.74. The van der Waals surface area contributed by atoms with Gasteiger partial charge in [-0.2, -0.15) is 0 Å². The third-order valence-electron chi connectivity index (χ3n) is 2.37. The van der Waals surface area contributed by atoms with Crippen LogP contribution in [0.4, 0.5) is 0 Å². The summed E-state index contributed by atoms with van der Waals surface area (Å²) in [6.07, 6.45) is 2.71. The molecule has 0 aliphatic carbocycles. The molecule has 3 heteroatoms. The number of rotatable bonds is 1. The molecule has 0 fully saturated rings. The van der Waals surface area contributed by atoms with Gasteiger partial charge in [-0.25, -0.2) is 0 Å². The van der Waals surface area contributed by atoms with E-state index < -0.39 is 0 Å². The molecule has 1 N–H and O–H groups in total. The summed E-state index contributed by atoms with van der Waals surface area (Å²) in [4.78, 5) is 18.4. The second-order valence-corrected chi connectivity index (χ2v) is 5.32. The first-order chi connectivity index (χ1) is 7.44. The van der Waals surface area contributed by atoms with Crippen molar-refractivity contribution < 1.29 is 0 Å². The summed E-state index contributed by atoms with van der Waals surface area (Å²) >= 11 is 0. The minimum atomic E-state index is -0.0691. The largest absolute Gasteiger partial charge is 0.322 e. The molecule has 0 atom stereocenters. The number of nitrogens with zero attached hydrogens (tertiary/aromatic N) is 1. The molecule has 0 saturated carbocycles. The van der Waals surface area contributed by atoms with Crippen LogP contribution < -0.4 is 5.56 Å². The first-order valence-corrected chi connectivity index (χ1v) is 5.42. The molecule has 2 heterocycles. The van der Waals surface area contributed by atoms with Crippen LogP contribution in [0.3, 0.4) is 0 Å². The highest BCUT2D eigenvalue weighted by Gasteiger charge is 2.12. The number of aromatic nitrogens is 2. The van der Waals surface area contributed by atoms with E-state index in [2.05, 4.69) is 30.7 Å². The fourth-order valence-corrected chi connectivity index (χ4v) is 1.73. The lowest BCUT2D eigenvalue weighted by Gasteiger charge is -2.17. The van der Waals surface area contributed by atoms with Crippen molar-refractivity contribution in [1.82, 2.24) is 9.97 Å². The van der Waals surface area contributed by atoms with Crippen LogP contribution in [0.5, 0.6) is 0 Å². The highest BCUT2D eigenvalue weighted by atomic mass is 16.1. The lowest BCUT2D eigenvalue weighted by Crippen LogP contribution is -2.11. The van der Waals surface area contributed by atoms with Gasteiger partial charge in [-0.1, -0.05) is 20.8 Å². The summed E-state index contributed by atoms with van der Waals surface area (Å²) < 4.78 is 0. The molecular weight excluding hydrogens is 200 g/mol. The summed E-state index contributed by atoms with van der Waals surface area (Å²) in [6.45, 7) is 6.52. The van der Waals surface area contributed by atoms with E-state index in [0.717, 1.165) is 23.0 Å². The Labute approximate surface area is 94.5 Å². The van der Waals surface area contributed by atoms with Crippen LogP contribution in [0.25, 0.3) is 10.9 Å². The van der Waals surface area contributed by atoms with Gasteiger partial charge >= 0.3 is 0 Å². The average Bonchev–Trinajstić information content (AvgIpc) is 2.14. The Morgan fingerprint density at radius 2 is 2.06 bits per heavy atom. The molecule has 0 bridgehead atoms. The maximum Gasteiger partial charge on any atom is 0.248 e. The predicted octanol–water partition coefficient (Wildman–Crippen LogP) is 2.51. The molecule has 0 aliphatic heterocycles. The number of H-pyrrole nitrogens is 1. The van der Waals surface area contributed by atoms with Gasteiger partial charge in [0.2, 0.25) is 5.56 Å². The van der Waals surface area contributed by atoms with Crippen molar-refractivity contribution in [2.45, 2.75) is 27.2 Å². The quantitative estimate of drug-likeness (QED) is 0.796. The van der Waals surface area contributed by atoms with Gasteiger partial charge < -0.3 is 4.98 Å². The van der Waals surface area contributed by atoms with Gasteiger partial charge in [-0.3, -0.25) is 9.78 Å². The van der Waals surface area contributed by atoms with E-state index >= 15 is 0 Å². The predicted molar refractivity (Wildman–Crippen MR) is 65.5 cm³/mol. The van der Waals surface area contributed by atoms with E-state index in [4.69, 9.17) is 0 Å². The molecule has 0 unspecified atom stereocenters. The Bertz CT molecular complexity index is 564. The molecule has 2 rings (SSSR count). The monoisotopic (exact) mass is 216 g/mol. The van der Waals surface area contributed by atoms with Crippen LogP contribution in [-0.2, 0) is 6.42 Å². The summed E-state index contributed by atoms with van der Waals surface area (Å²) in [7, 11) is 0. The fourth-order valence-electron chi connectivity index (χ4n) is 1.73. The molecule has 2 aromatic heterocycles. The Balaban J connectivity index is 2.47. The Hall–Kier alpha value is -1.64. The third-order valence-corrected chi connectivity index (χ3v) is 2.37. The van der Waals surface area contributed by atoms with Crippen LogP contribution in [0, 0.1) is 5.41 Å². The molecule has 16 heavy (non-hydrogen) atoms. The summed E-state index contributed by atoms with van der Waals surface area (Å²) in [6, 6.07) is 5.28. The van der Waals surface area contributed by atoms with Gasteiger partial charge in [0.25, 0.3) is 0 Å². The van der Waals surface area contributed by atoms with E-state index in [0.29, 0.717) is 0 Å². The highest BCUT2D eigenvalue weighted by Crippen LogP contribution is 2.20. The SMILES string of the molecule is CC(C)(C)Cc1cc2[nH]c(=O)ccc2cn1. The minimum absolute atomic E-state index is 0.0691. The van der Waals surface area contributed by atoms with Crippen LogP contribution >= 0.6 is 0 Å². The fraction of sp³-hybridized carbons (Fsp3) is 0.385. The Kier molecular flexibility index (Phi) is 2.54. The van der Waals surface area contributed by atoms with Gasteiger partial charge in [-0.05, 0) is 24.0 Å². The summed E-state index contributed by atoms with van der Waals surface area (Å²) in [5.74, 6) is 0. The van der Waals surface area contributed by atoms with Crippen molar-refractivity contribution in [3.63, 3.8) is 0 Å². The van der Waals surface area contributed by atoms with E-state index in [1.807, 2.05) is 12.3 Å². The third kappa shape index (κ3) is 2.48. The smallest absolute Gasteiger partial charge is 0.248 e. The molecular formula is C13H16N2O. The van der Waals surface area contributed by atoms with Gasteiger partial charge in [0, 0.05) is 23.3 Å². The van der Waals surface area contributed by atoms with Crippen LogP contribution in [0.2, 0.25) is 0 Å². The second-order valence-electron chi connectivity index (χ2n) is 5.32. The van der Waals surface area contributed by atoms with E-state index in [1.54, 1.807) is 6.07 Å². The lowest BCUT2D eigenvalue weighted by molar-refractivity contribution is 0.406. The maximum atomic E-state index is 11.2. The van der Waals surface area contributed by atoms with Crippen molar-refractivity contribution in [3.8, 4) is 0 Å². The van der Waals surface area contributed by atoms with Crippen molar-refractivity contribution in [2.24, 2.45) is 5.41 Å².